The summed E-state index contributed by atoms with van der Waals surface area (Å²) in [5, 5.41) is 5.17. The van der Waals surface area contributed by atoms with Crippen molar-refractivity contribution in [3.63, 3.8) is 0 Å². The van der Waals surface area contributed by atoms with Gasteiger partial charge in [-0.25, -0.2) is 9.18 Å². The van der Waals surface area contributed by atoms with Crippen molar-refractivity contribution in [3.8, 4) is 11.5 Å². The number of piperidine rings is 1. The van der Waals surface area contributed by atoms with Gasteiger partial charge < -0.3 is 14.0 Å². The molecule has 0 bridgehead atoms. The molecular formula is C67H96BClFN5O6+. The summed E-state index contributed by atoms with van der Waals surface area (Å²) < 4.78 is 32.8. The van der Waals surface area contributed by atoms with Crippen molar-refractivity contribution in [1.29, 1.82) is 0 Å². The molecule has 441 valence electrons. The van der Waals surface area contributed by atoms with E-state index in [9.17, 15) is 18.8 Å². The number of esters is 1. The Kier molecular flexibility index (Phi) is 24.7. The van der Waals surface area contributed by atoms with Crippen molar-refractivity contribution in [3.05, 3.63) is 110 Å². The Labute approximate surface area is 491 Å². The van der Waals surface area contributed by atoms with Crippen LogP contribution in [0, 0.1) is 18.7 Å². The van der Waals surface area contributed by atoms with E-state index in [0.29, 0.717) is 67.9 Å². The van der Waals surface area contributed by atoms with E-state index in [0.717, 1.165) is 104 Å². The zero-order valence-electron chi connectivity index (χ0n) is 51.8. The summed E-state index contributed by atoms with van der Waals surface area (Å²) in [7, 11) is 10.3. The molecule has 0 saturated carbocycles. The predicted molar refractivity (Wildman–Crippen MR) is 335 cm³/mol. The number of hydrogen-bond donors (Lipinski definition) is 2. The van der Waals surface area contributed by atoms with Crippen LogP contribution in [0.5, 0.6) is 11.5 Å². The van der Waals surface area contributed by atoms with Crippen molar-refractivity contribution in [2.24, 2.45) is 5.92 Å². The molecule has 4 atom stereocenters. The number of nitrogens with zero attached hydrogens (tertiary/aromatic N) is 3. The summed E-state index contributed by atoms with van der Waals surface area (Å²) in [6, 6.07) is 18.2. The summed E-state index contributed by atoms with van der Waals surface area (Å²) in [6.45, 7) is 30.9. The Morgan fingerprint density at radius 3 is 2.27 bits per heavy atom. The van der Waals surface area contributed by atoms with Gasteiger partial charge in [0, 0.05) is 46.6 Å². The van der Waals surface area contributed by atoms with Crippen LogP contribution in [0.4, 0.5) is 10.1 Å². The number of benzene rings is 4. The first-order valence-corrected chi connectivity index (χ1v) is 30.3. The third-order valence-corrected chi connectivity index (χ3v) is 16.7. The van der Waals surface area contributed by atoms with Crippen LogP contribution in [0.1, 0.15) is 188 Å². The first kappa shape index (κ1) is 66.3. The van der Waals surface area contributed by atoms with Crippen LogP contribution >= 0.6 is 11.6 Å². The molecule has 0 spiro atoms. The number of carbonyl (C=O) groups is 3. The van der Waals surface area contributed by atoms with Crippen LogP contribution in [0.25, 0.3) is 21.9 Å². The van der Waals surface area contributed by atoms with Crippen molar-refractivity contribution < 1.29 is 37.5 Å². The van der Waals surface area contributed by atoms with Crippen LogP contribution in [0.2, 0.25) is 5.02 Å². The molecule has 7 rings (SSSR count). The van der Waals surface area contributed by atoms with Gasteiger partial charge in [-0.1, -0.05) is 96.2 Å². The maximum atomic E-state index is 13.8. The number of ether oxygens (including phenoxy) is 3. The third kappa shape index (κ3) is 17.5. The van der Waals surface area contributed by atoms with Gasteiger partial charge in [0.05, 0.1) is 27.2 Å². The Morgan fingerprint density at radius 2 is 1.65 bits per heavy atom. The van der Waals surface area contributed by atoms with Gasteiger partial charge in [-0.15, -0.1) is 0 Å². The number of amides is 2. The van der Waals surface area contributed by atoms with Gasteiger partial charge in [0.1, 0.15) is 23.2 Å². The molecule has 4 aromatic carbocycles. The van der Waals surface area contributed by atoms with E-state index in [-0.39, 0.29) is 48.3 Å². The number of halogens is 2. The van der Waals surface area contributed by atoms with Crippen LogP contribution < -0.4 is 20.5 Å². The summed E-state index contributed by atoms with van der Waals surface area (Å²) in [5.74, 6) is 1.65. The fourth-order valence-electron chi connectivity index (χ4n) is 11.4. The van der Waals surface area contributed by atoms with Gasteiger partial charge >= 0.3 is 146 Å². The quantitative estimate of drug-likeness (QED) is 0.0224. The summed E-state index contributed by atoms with van der Waals surface area (Å²) in [5.41, 5.74) is 16.2. The molecule has 14 heteroatoms. The first-order valence-electron chi connectivity index (χ1n) is 29.9. The molecule has 3 heterocycles. The number of quaternary nitrogens is 1. The molecule has 11 nitrogen and oxygen atoms in total. The van der Waals surface area contributed by atoms with Gasteiger partial charge in [-0.3, -0.25) is 0 Å². The molecule has 3 aliphatic heterocycles. The van der Waals surface area contributed by atoms with E-state index in [1.807, 2.05) is 62.9 Å². The van der Waals surface area contributed by atoms with Gasteiger partial charge in [-0.2, -0.15) is 0 Å². The van der Waals surface area contributed by atoms with Crippen molar-refractivity contribution in [1.82, 2.24) is 15.1 Å². The number of hydrogen-bond acceptors (Lipinski definition) is 8. The number of fused-ring (bicyclic) bond motifs is 2. The normalized spacial score (nSPS) is 18.6. The van der Waals surface area contributed by atoms with E-state index in [1.54, 1.807) is 12.1 Å². The fraction of sp³-hybridized carbons (Fsp3) is 0.552. The van der Waals surface area contributed by atoms with Crippen LogP contribution in [0.15, 0.2) is 71.8 Å². The Morgan fingerprint density at radius 1 is 0.951 bits per heavy atom. The predicted octanol–water partition coefficient (Wildman–Crippen LogP) is 14.5. The molecule has 2 amide bonds. The number of nitrogen functional groups attached to an aromatic ring is 1. The number of nitrogens with two attached hydrogens (primary N) is 1. The molecule has 1 fully saturated rings. The van der Waals surface area contributed by atoms with Crippen LogP contribution in [-0.2, 0) is 25.7 Å². The SMILES string of the molecule is CC/C(C(=O)OC(C)(C)C)=C(/CCCOc1cccc2cc(F)ccc12)c1ccc(Cl)c(C2=C(C)CC[N+](C)(C)C2C)c1C.CCCC(C)CC.[B]=C1CCC(N2Cc3c(OCC(=O)N(CCC)CCC)cc(N)cc3C2C)C(=O)N1. The molecule has 0 aromatic heterocycles. The van der Waals surface area contributed by atoms with Crippen molar-refractivity contribution >= 4 is 70.1 Å². The van der Waals surface area contributed by atoms with Crippen molar-refractivity contribution in [2.45, 2.75) is 191 Å². The van der Waals surface area contributed by atoms with Gasteiger partial charge in [0.15, 0.2) is 0 Å². The van der Waals surface area contributed by atoms with E-state index in [1.165, 1.54) is 42.5 Å². The number of nitrogens with one attached hydrogen (secondary N) is 1. The van der Waals surface area contributed by atoms with E-state index in [2.05, 4.69) is 92.7 Å². The number of likely N-dealkylation sites (N-methyl/N-ethyl adjacent to an activating group) is 1. The molecule has 4 aromatic rings. The number of carbonyl (C=O) groups excluding carboxylic acids is 3. The summed E-state index contributed by atoms with van der Waals surface area (Å²) in [4.78, 5) is 42.7. The van der Waals surface area contributed by atoms with Gasteiger partial charge in [0.25, 0.3) is 0 Å². The molecule has 3 aliphatic rings. The topological polar surface area (TPSA) is 123 Å². The van der Waals surface area contributed by atoms with Gasteiger partial charge in [-0.05, 0) is 132 Å². The molecule has 4 unspecified atom stereocenters. The molecule has 0 aliphatic carbocycles. The molecule has 81 heavy (non-hydrogen) atoms. The van der Waals surface area contributed by atoms with E-state index < -0.39 is 5.60 Å². The van der Waals surface area contributed by atoms with Crippen LogP contribution in [-0.4, -0.2) is 110 Å². The third-order valence-electron chi connectivity index (χ3n) is 16.4. The molecule has 1 saturated heterocycles. The van der Waals surface area contributed by atoms with E-state index in [4.69, 9.17) is 39.0 Å². The van der Waals surface area contributed by atoms with Crippen LogP contribution in [0.3, 0.4) is 0 Å². The minimum atomic E-state index is -0.608. The summed E-state index contributed by atoms with van der Waals surface area (Å²) >= 11 is 6.99. The monoisotopic (exact) mass is 1130 g/mol. The second-order valence-electron chi connectivity index (χ2n) is 24.1. The molecule has 1 radical (unpaired) electrons. The second kappa shape index (κ2) is 30.2. The first-order chi connectivity index (χ1) is 38.3. The summed E-state index contributed by atoms with van der Waals surface area (Å²) in [6.07, 6.45) is 10.1. The average Bonchev–Trinajstić information content (AvgIpc) is 3.97. The fourth-order valence-corrected chi connectivity index (χ4v) is 11.7. The minimum absolute atomic E-state index is 0.0142. The standard InChI is InChI=1S/C38H48ClFNO3.C22H32BN4O3.C7H16/c1-10-29(37(42)44-38(5,6)7)32(14-12-22-43-34-15-11-13-27-23-28(40)16-17-31(27)34)30-18-19-33(39)36(25(30)3)35-24(2)20-21-41(8,9)26(35)4;1-4-8-26(9-5-2)21(28)13-30-19-11-15(24)10-16-14(3)27(12-17(16)19)18-6-7-20(23)25-22(18)29;1-4-6-7(3)5-2/h11,13,15-19,23,26H,10,12,14,20-22H2,1-9H3;10-11,14,18H,4-9,12-13,24H2,1-3H3,(H,25,29);7H,4-6H2,1-3H3/q+1;;/b32-29+;;. The number of rotatable bonds is 20. The van der Waals surface area contributed by atoms with E-state index >= 15 is 0 Å². The Balaban J connectivity index is 0.000000280. The molecule has 3 N–H and O–H groups in total. The number of anilines is 1. The second-order valence-corrected chi connectivity index (χ2v) is 24.5. The zero-order valence-corrected chi connectivity index (χ0v) is 52.6. The maximum absolute atomic E-state index is 13.8. The van der Waals surface area contributed by atoms with Crippen molar-refractivity contribution in [2.75, 3.05) is 52.7 Å². The van der Waals surface area contributed by atoms with Gasteiger partial charge in [0.2, 0.25) is 0 Å². The zero-order chi connectivity index (χ0) is 59.9. The Bertz CT molecular complexity index is 2910. The Hall–Kier alpha value is -5.50. The average molecular weight is 1130 g/mol. The molecular weight excluding hydrogens is 1040 g/mol. The number of allylic oxidation sites excluding steroid dienone is 1.